The van der Waals surface area contributed by atoms with Gasteiger partial charge in [0.05, 0.1) is 6.20 Å². The fourth-order valence-corrected chi connectivity index (χ4v) is 2.33. The molecule has 0 unspecified atom stereocenters. The number of aryl methyl sites for hydroxylation is 1. The molecule has 124 valence electrons. The summed E-state index contributed by atoms with van der Waals surface area (Å²) in [5, 5.41) is 6.99. The standard InChI is InChI=1S/C18H18FN3O2/c1-2-3-12-22-17(10-11-20-22)21-18(23)16-9-8-15(24-16)13-4-6-14(19)7-5-13/h4-11H,2-3,12H2,1H3,(H,21,23). The number of furan rings is 1. The van der Waals surface area contributed by atoms with Crippen LogP contribution in [0.15, 0.2) is 53.1 Å². The molecule has 0 bridgehead atoms. The normalized spacial score (nSPS) is 10.8. The van der Waals surface area contributed by atoms with E-state index in [-0.39, 0.29) is 17.5 Å². The number of anilines is 1. The summed E-state index contributed by atoms with van der Waals surface area (Å²) in [5.41, 5.74) is 0.712. The quantitative estimate of drug-likeness (QED) is 0.733. The Balaban J connectivity index is 1.72. The van der Waals surface area contributed by atoms with Gasteiger partial charge in [0.1, 0.15) is 17.4 Å². The maximum atomic E-state index is 13.0. The first-order valence-electron chi connectivity index (χ1n) is 7.86. The largest absolute Gasteiger partial charge is 0.451 e. The Bertz CT molecular complexity index is 821. The van der Waals surface area contributed by atoms with Crippen molar-refractivity contribution in [2.24, 2.45) is 0 Å². The lowest BCUT2D eigenvalue weighted by molar-refractivity contribution is 0.0996. The molecular weight excluding hydrogens is 309 g/mol. The molecule has 5 nitrogen and oxygen atoms in total. The third-order valence-corrected chi connectivity index (χ3v) is 3.64. The summed E-state index contributed by atoms with van der Waals surface area (Å²) in [7, 11) is 0. The minimum Gasteiger partial charge on any atom is -0.451 e. The number of unbranched alkanes of at least 4 members (excludes halogenated alkanes) is 1. The van der Waals surface area contributed by atoms with Crippen molar-refractivity contribution in [3.8, 4) is 11.3 Å². The minimum absolute atomic E-state index is 0.192. The number of amides is 1. The second-order valence-corrected chi connectivity index (χ2v) is 5.42. The third-order valence-electron chi connectivity index (χ3n) is 3.64. The number of rotatable bonds is 6. The molecule has 0 aliphatic rings. The summed E-state index contributed by atoms with van der Waals surface area (Å²) in [6.45, 7) is 2.85. The van der Waals surface area contributed by atoms with E-state index in [2.05, 4.69) is 17.3 Å². The second kappa shape index (κ2) is 7.12. The van der Waals surface area contributed by atoms with Crippen molar-refractivity contribution in [1.82, 2.24) is 9.78 Å². The number of carbonyl (C=O) groups is 1. The van der Waals surface area contributed by atoms with E-state index in [0.29, 0.717) is 17.1 Å². The van der Waals surface area contributed by atoms with Gasteiger partial charge in [0, 0.05) is 18.2 Å². The van der Waals surface area contributed by atoms with Crippen molar-refractivity contribution >= 4 is 11.7 Å². The summed E-state index contributed by atoms with van der Waals surface area (Å²) in [4.78, 5) is 12.3. The van der Waals surface area contributed by atoms with E-state index in [1.807, 2.05) is 0 Å². The smallest absolute Gasteiger partial charge is 0.292 e. The van der Waals surface area contributed by atoms with E-state index in [0.717, 1.165) is 19.4 Å². The highest BCUT2D eigenvalue weighted by molar-refractivity contribution is 6.02. The van der Waals surface area contributed by atoms with E-state index in [1.54, 1.807) is 41.2 Å². The monoisotopic (exact) mass is 327 g/mol. The average molecular weight is 327 g/mol. The molecule has 0 fully saturated rings. The number of carbonyl (C=O) groups excluding carboxylic acids is 1. The predicted molar refractivity (Wildman–Crippen MR) is 89.2 cm³/mol. The van der Waals surface area contributed by atoms with Crippen molar-refractivity contribution in [2.75, 3.05) is 5.32 Å². The molecule has 0 aliphatic heterocycles. The van der Waals surface area contributed by atoms with Crippen LogP contribution in [0.4, 0.5) is 10.2 Å². The van der Waals surface area contributed by atoms with Crippen molar-refractivity contribution in [1.29, 1.82) is 0 Å². The molecule has 2 aromatic heterocycles. The van der Waals surface area contributed by atoms with E-state index >= 15 is 0 Å². The fraction of sp³-hybridized carbons (Fsp3) is 0.222. The molecule has 1 aromatic carbocycles. The number of halogens is 1. The summed E-state index contributed by atoms with van der Waals surface area (Å²) in [6.07, 6.45) is 3.68. The highest BCUT2D eigenvalue weighted by Gasteiger charge is 2.14. The van der Waals surface area contributed by atoms with Gasteiger partial charge in [0.25, 0.3) is 5.91 Å². The van der Waals surface area contributed by atoms with Crippen molar-refractivity contribution in [3.63, 3.8) is 0 Å². The van der Waals surface area contributed by atoms with Crippen LogP contribution in [0.1, 0.15) is 30.3 Å². The molecule has 0 aliphatic carbocycles. The van der Waals surface area contributed by atoms with Crippen molar-refractivity contribution < 1.29 is 13.6 Å². The third kappa shape index (κ3) is 3.53. The molecule has 0 saturated heterocycles. The lowest BCUT2D eigenvalue weighted by atomic mass is 10.2. The van der Waals surface area contributed by atoms with Gasteiger partial charge >= 0.3 is 0 Å². The number of hydrogen-bond acceptors (Lipinski definition) is 3. The maximum Gasteiger partial charge on any atom is 0.292 e. The van der Waals surface area contributed by atoms with Crippen LogP contribution >= 0.6 is 0 Å². The van der Waals surface area contributed by atoms with Crippen molar-refractivity contribution in [3.05, 3.63) is 60.2 Å². The highest BCUT2D eigenvalue weighted by Crippen LogP contribution is 2.23. The number of benzene rings is 1. The molecule has 0 atom stereocenters. The first kappa shape index (κ1) is 16.0. The lowest BCUT2D eigenvalue weighted by Gasteiger charge is -2.07. The SMILES string of the molecule is CCCCn1nccc1NC(=O)c1ccc(-c2ccc(F)cc2)o1. The predicted octanol–water partition coefficient (Wildman–Crippen LogP) is 4.33. The molecule has 0 spiro atoms. The van der Waals surface area contributed by atoms with E-state index in [9.17, 15) is 9.18 Å². The van der Waals surface area contributed by atoms with Gasteiger partial charge in [-0.15, -0.1) is 0 Å². The Hall–Kier alpha value is -2.89. The molecular formula is C18H18FN3O2. The van der Waals surface area contributed by atoms with Gasteiger partial charge in [-0.3, -0.25) is 4.79 Å². The number of nitrogens with one attached hydrogen (secondary N) is 1. The number of nitrogens with zero attached hydrogens (tertiary/aromatic N) is 2. The number of aromatic nitrogens is 2. The molecule has 1 N–H and O–H groups in total. The Morgan fingerprint density at radius 1 is 1.21 bits per heavy atom. The molecule has 24 heavy (non-hydrogen) atoms. The van der Waals surface area contributed by atoms with E-state index in [4.69, 9.17) is 4.42 Å². The molecule has 3 aromatic rings. The minimum atomic E-state index is -0.346. The van der Waals surface area contributed by atoms with Gasteiger partial charge in [-0.25, -0.2) is 9.07 Å². The van der Waals surface area contributed by atoms with E-state index in [1.165, 1.54) is 12.1 Å². The van der Waals surface area contributed by atoms with Gasteiger partial charge in [0.15, 0.2) is 5.76 Å². The van der Waals surface area contributed by atoms with Crippen LogP contribution in [-0.4, -0.2) is 15.7 Å². The van der Waals surface area contributed by atoms with Gasteiger partial charge in [-0.2, -0.15) is 5.10 Å². The Labute approximate surface area is 139 Å². The first-order chi connectivity index (χ1) is 11.7. The van der Waals surface area contributed by atoms with Gasteiger partial charge < -0.3 is 9.73 Å². The molecule has 6 heteroatoms. The Kier molecular flexibility index (Phi) is 4.74. The average Bonchev–Trinajstić information content (AvgIpc) is 3.23. The van der Waals surface area contributed by atoms with Crippen LogP contribution in [-0.2, 0) is 6.54 Å². The zero-order chi connectivity index (χ0) is 16.9. The Morgan fingerprint density at radius 3 is 2.75 bits per heavy atom. The van der Waals surface area contributed by atoms with Crippen LogP contribution in [0.5, 0.6) is 0 Å². The summed E-state index contributed by atoms with van der Waals surface area (Å²) < 4.78 is 20.3. The van der Waals surface area contributed by atoms with Crippen LogP contribution in [0.25, 0.3) is 11.3 Å². The highest BCUT2D eigenvalue weighted by atomic mass is 19.1. The van der Waals surface area contributed by atoms with Crippen LogP contribution in [0.3, 0.4) is 0 Å². The fourth-order valence-electron chi connectivity index (χ4n) is 2.33. The molecule has 0 radical (unpaired) electrons. The number of hydrogen-bond donors (Lipinski definition) is 1. The van der Waals surface area contributed by atoms with Gasteiger partial charge in [0.2, 0.25) is 0 Å². The lowest BCUT2D eigenvalue weighted by Crippen LogP contribution is -2.15. The van der Waals surface area contributed by atoms with Crippen LogP contribution in [0, 0.1) is 5.82 Å². The molecule has 1 amide bonds. The molecule has 2 heterocycles. The van der Waals surface area contributed by atoms with Crippen LogP contribution in [0.2, 0.25) is 0 Å². The topological polar surface area (TPSA) is 60.1 Å². The molecule has 0 saturated carbocycles. The molecule has 3 rings (SSSR count). The maximum absolute atomic E-state index is 13.0. The first-order valence-corrected chi connectivity index (χ1v) is 7.86. The summed E-state index contributed by atoms with van der Waals surface area (Å²) >= 11 is 0. The summed E-state index contributed by atoms with van der Waals surface area (Å²) in [6, 6.07) is 11.0. The summed E-state index contributed by atoms with van der Waals surface area (Å²) in [5.74, 6) is 0.676. The van der Waals surface area contributed by atoms with Crippen molar-refractivity contribution in [2.45, 2.75) is 26.3 Å². The van der Waals surface area contributed by atoms with Gasteiger partial charge in [-0.1, -0.05) is 13.3 Å². The Morgan fingerprint density at radius 2 is 2.00 bits per heavy atom. The zero-order valence-electron chi connectivity index (χ0n) is 13.3. The van der Waals surface area contributed by atoms with Gasteiger partial charge in [-0.05, 0) is 42.8 Å². The second-order valence-electron chi connectivity index (χ2n) is 5.42. The van der Waals surface area contributed by atoms with E-state index < -0.39 is 0 Å². The zero-order valence-corrected chi connectivity index (χ0v) is 13.3. The van der Waals surface area contributed by atoms with Crippen LogP contribution < -0.4 is 5.32 Å².